The van der Waals surface area contributed by atoms with Crippen molar-refractivity contribution < 1.29 is 4.42 Å². The van der Waals surface area contributed by atoms with Crippen LogP contribution in [0.15, 0.2) is 22.6 Å². The topological polar surface area (TPSA) is 25.2 Å². The average molecular weight is 193 g/mol. The van der Waals surface area contributed by atoms with Crippen molar-refractivity contribution >= 4 is 6.08 Å². The Morgan fingerprint density at radius 3 is 2.86 bits per heavy atom. The van der Waals surface area contributed by atoms with Gasteiger partial charge in [-0.25, -0.2) is 0 Å². The first-order valence-corrected chi connectivity index (χ1v) is 5.20. The molecule has 0 aliphatic heterocycles. The number of hydrogen-bond acceptors (Lipinski definition) is 2. The fraction of sp³-hybridized carbons (Fsp3) is 0.500. The molecule has 0 bridgehead atoms. The minimum atomic E-state index is 0.403. The molecule has 0 aromatic carbocycles. The maximum atomic E-state index is 5.42. The third-order valence-electron chi connectivity index (χ3n) is 2.03. The molecule has 0 aliphatic carbocycles. The van der Waals surface area contributed by atoms with Gasteiger partial charge in [-0.1, -0.05) is 13.0 Å². The summed E-state index contributed by atoms with van der Waals surface area (Å²) < 4.78 is 5.42. The van der Waals surface area contributed by atoms with Crippen molar-refractivity contribution in [2.24, 2.45) is 0 Å². The zero-order valence-corrected chi connectivity index (χ0v) is 9.21. The second kappa shape index (κ2) is 5.66. The van der Waals surface area contributed by atoms with Gasteiger partial charge < -0.3 is 9.73 Å². The fourth-order valence-corrected chi connectivity index (χ4v) is 1.22. The van der Waals surface area contributed by atoms with Crippen LogP contribution in [0.4, 0.5) is 0 Å². The van der Waals surface area contributed by atoms with Crippen LogP contribution in [0.2, 0.25) is 0 Å². The van der Waals surface area contributed by atoms with Gasteiger partial charge in [-0.15, -0.1) is 0 Å². The van der Waals surface area contributed by atoms with Crippen LogP contribution in [0, 0.1) is 6.92 Å². The Hall–Kier alpha value is -1.02. The SMILES string of the molecule is CCCNC(C)/C=C/c1ccc(C)o1. The summed E-state index contributed by atoms with van der Waals surface area (Å²) in [7, 11) is 0. The molecule has 1 unspecified atom stereocenters. The van der Waals surface area contributed by atoms with Gasteiger partial charge in [0.1, 0.15) is 11.5 Å². The highest BCUT2D eigenvalue weighted by atomic mass is 16.3. The second-order valence-electron chi connectivity index (χ2n) is 3.55. The average Bonchev–Trinajstić information content (AvgIpc) is 2.58. The summed E-state index contributed by atoms with van der Waals surface area (Å²) in [6.07, 6.45) is 5.30. The van der Waals surface area contributed by atoms with E-state index in [1.807, 2.05) is 25.1 Å². The number of furan rings is 1. The lowest BCUT2D eigenvalue weighted by molar-refractivity contribution is 0.524. The molecule has 0 aliphatic rings. The van der Waals surface area contributed by atoms with Crippen LogP contribution in [-0.4, -0.2) is 12.6 Å². The Balaban J connectivity index is 2.39. The van der Waals surface area contributed by atoms with Gasteiger partial charge >= 0.3 is 0 Å². The molecule has 1 atom stereocenters. The normalized spacial score (nSPS) is 13.6. The number of aryl methyl sites for hydroxylation is 1. The van der Waals surface area contributed by atoms with E-state index in [1.54, 1.807) is 0 Å². The van der Waals surface area contributed by atoms with E-state index in [0.29, 0.717) is 6.04 Å². The molecule has 1 heterocycles. The van der Waals surface area contributed by atoms with Crippen LogP contribution >= 0.6 is 0 Å². The predicted molar refractivity (Wildman–Crippen MR) is 60.2 cm³/mol. The third kappa shape index (κ3) is 3.79. The lowest BCUT2D eigenvalue weighted by Crippen LogP contribution is -2.24. The predicted octanol–water partition coefficient (Wildman–Crippen LogP) is 2.99. The summed E-state index contributed by atoms with van der Waals surface area (Å²) in [6, 6.07) is 4.36. The summed E-state index contributed by atoms with van der Waals surface area (Å²) in [6.45, 7) is 7.32. The van der Waals surface area contributed by atoms with Crippen molar-refractivity contribution in [1.29, 1.82) is 0 Å². The first-order chi connectivity index (χ1) is 6.72. The van der Waals surface area contributed by atoms with Crippen molar-refractivity contribution in [3.63, 3.8) is 0 Å². The Kier molecular flexibility index (Phi) is 4.47. The van der Waals surface area contributed by atoms with Crippen LogP contribution < -0.4 is 5.32 Å². The monoisotopic (exact) mass is 193 g/mol. The van der Waals surface area contributed by atoms with Gasteiger partial charge in [-0.2, -0.15) is 0 Å². The quantitative estimate of drug-likeness (QED) is 0.777. The summed E-state index contributed by atoms with van der Waals surface area (Å²) in [4.78, 5) is 0. The standard InChI is InChI=1S/C12H19NO/c1-4-9-13-10(2)5-7-12-8-6-11(3)14-12/h5-8,10,13H,4,9H2,1-3H3/b7-5+. The van der Waals surface area contributed by atoms with Crippen molar-refractivity contribution in [2.75, 3.05) is 6.54 Å². The molecule has 0 radical (unpaired) electrons. The van der Waals surface area contributed by atoms with E-state index in [-0.39, 0.29) is 0 Å². The molecule has 1 N–H and O–H groups in total. The number of hydrogen-bond donors (Lipinski definition) is 1. The summed E-state index contributed by atoms with van der Waals surface area (Å²) in [5, 5.41) is 3.38. The molecule has 1 rings (SSSR count). The Morgan fingerprint density at radius 1 is 1.50 bits per heavy atom. The lowest BCUT2D eigenvalue weighted by Gasteiger charge is -2.06. The molecule has 0 saturated carbocycles. The molecule has 0 spiro atoms. The van der Waals surface area contributed by atoms with Crippen LogP contribution in [0.3, 0.4) is 0 Å². The summed E-state index contributed by atoms with van der Waals surface area (Å²) in [5.74, 6) is 1.88. The molecule has 0 fully saturated rings. The van der Waals surface area contributed by atoms with Gasteiger partial charge in [0.25, 0.3) is 0 Å². The van der Waals surface area contributed by atoms with Crippen LogP contribution in [-0.2, 0) is 0 Å². The Bertz CT molecular complexity index is 288. The van der Waals surface area contributed by atoms with Gasteiger partial charge in [0.15, 0.2) is 0 Å². The van der Waals surface area contributed by atoms with E-state index >= 15 is 0 Å². The van der Waals surface area contributed by atoms with E-state index in [1.165, 1.54) is 0 Å². The zero-order chi connectivity index (χ0) is 10.4. The van der Waals surface area contributed by atoms with Crippen molar-refractivity contribution in [3.8, 4) is 0 Å². The Labute approximate surface area is 86.0 Å². The van der Waals surface area contributed by atoms with E-state index in [0.717, 1.165) is 24.5 Å². The number of nitrogens with one attached hydrogen (secondary N) is 1. The Morgan fingerprint density at radius 2 is 2.29 bits per heavy atom. The molecule has 2 heteroatoms. The van der Waals surface area contributed by atoms with E-state index in [2.05, 4.69) is 25.2 Å². The third-order valence-corrected chi connectivity index (χ3v) is 2.03. The van der Waals surface area contributed by atoms with E-state index < -0.39 is 0 Å². The maximum absolute atomic E-state index is 5.42. The number of rotatable bonds is 5. The molecular formula is C12H19NO. The van der Waals surface area contributed by atoms with E-state index in [9.17, 15) is 0 Å². The molecule has 1 aromatic rings. The van der Waals surface area contributed by atoms with Gasteiger partial charge in [-0.05, 0) is 45.0 Å². The first kappa shape index (κ1) is 11.1. The highest BCUT2D eigenvalue weighted by molar-refractivity contribution is 5.43. The minimum Gasteiger partial charge on any atom is -0.462 e. The fourth-order valence-electron chi connectivity index (χ4n) is 1.22. The molecule has 1 aromatic heterocycles. The van der Waals surface area contributed by atoms with Crippen molar-refractivity contribution in [2.45, 2.75) is 33.2 Å². The molecule has 0 amide bonds. The minimum absolute atomic E-state index is 0.403. The van der Waals surface area contributed by atoms with Gasteiger partial charge in [-0.3, -0.25) is 0 Å². The first-order valence-electron chi connectivity index (χ1n) is 5.20. The van der Waals surface area contributed by atoms with Crippen LogP contribution in [0.5, 0.6) is 0 Å². The summed E-state index contributed by atoms with van der Waals surface area (Å²) in [5.41, 5.74) is 0. The molecule has 2 nitrogen and oxygen atoms in total. The molecule has 78 valence electrons. The maximum Gasteiger partial charge on any atom is 0.126 e. The van der Waals surface area contributed by atoms with Gasteiger partial charge in [0.05, 0.1) is 0 Å². The molecule has 14 heavy (non-hydrogen) atoms. The smallest absolute Gasteiger partial charge is 0.126 e. The van der Waals surface area contributed by atoms with Gasteiger partial charge in [0, 0.05) is 6.04 Å². The largest absolute Gasteiger partial charge is 0.462 e. The molecule has 0 saturated heterocycles. The van der Waals surface area contributed by atoms with Crippen molar-refractivity contribution in [3.05, 3.63) is 29.7 Å². The summed E-state index contributed by atoms with van der Waals surface area (Å²) >= 11 is 0. The van der Waals surface area contributed by atoms with Crippen LogP contribution in [0.1, 0.15) is 31.8 Å². The highest BCUT2D eigenvalue weighted by Gasteiger charge is 1.96. The van der Waals surface area contributed by atoms with Gasteiger partial charge in [0.2, 0.25) is 0 Å². The zero-order valence-electron chi connectivity index (χ0n) is 9.21. The van der Waals surface area contributed by atoms with Crippen LogP contribution in [0.25, 0.3) is 6.08 Å². The lowest BCUT2D eigenvalue weighted by atomic mass is 10.2. The van der Waals surface area contributed by atoms with Crippen molar-refractivity contribution in [1.82, 2.24) is 5.32 Å². The second-order valence-corrected chi connectivity index (χ2v) is 3.55. The molecular weight excluding hydrogens is 174 g/mol. The van der Waals surface area contributed by atoms with E-state index in [4.69, 9.17) is 4.42 Å². The highest BCUT2D eigenvalue weighted by Crippen LogP contribution is 2.08.